The van der Waals surface area contributed by atoms with E-state index >= 15 is 0 Å². The van der Waals surface area contributed by atoms with Crippen molar-refractivity contribution in [2.75, 3.05) is 13.1 Å². The van der Waals surface area contributed by atoms with Crippen molar-refractivity contribution in [2.24, 2.45) is 5.92 Å². The molecule has 2 N–H and O–H groups in total. The zero-order valence-corrected chi connectivity index (χ0v) is 14.3. The molecular formula is C16H19BrFNO4. The van der Waals surface area contributed by atoms with Gasteiger partial charge in [0, 0.05) is 31.8 Å². The average Bonchev–Trinajstić information content (AvgIpc) is 2.51. The molecule has 126 valence electrons. The maximum atomic E-state index is 13.2. The number of aliphatic carboxylic acids is 1. The third-order valence-corrected chi connectivity index (χ3v) is 4.86. The Balaban J connectivity index is 1.95. The molecule has 1 aliphatic heterocycles. The number of benzene rings is 1. The molecule has 1 atom stereocenters. The van der Waals surface area contributed by atoms with E-state index in [2.05, 4.69) is 15.9 Å². The lowest BCUT2D eigenvalue weighted by molar-refractivity contribution is -0.165. The Morgan fingerprint density at radius 3 is 2.52 bits per heavy atom. The first-order valence-electron chi connectivity index (χ1n) is 7.41. The summed E-state index contributed by atoms with van der Waals surface area (Å²) in [5.74, 6) is -1.98. The number of aliphatic hydroxyl groups is 1. The van der Waals surface area contributed by atoms with Gasteiger partial charge in [-0.25, -0.2) is 9.18 Å². The number of carboxylic acid groups (broad SMARTS) is 1. The molecule has 1 fully saturated rings. The standard InChI is InChI=1S/C16H19BrFNO4/c1-10(8-11-2-3-13(18)12(17)9-11)14(20)19-6-4-16(23,5-7-19)15(21)22/h2-3,9-10,23H,4-8H2,1H3,(H,21,22). The highest BCUT2D eigenvalue weighted by Crippen LogP contribution is 2.25. The zero-order valence-electron chi connectivity index (χ0n) is 12.8. The first kappa shape index (κ1) is 17.9. The first-order chi connectivity index (χ1) is 10.7. The van der Waals surface area contributed by atoms with Crippen molar-refractivity contribution in [3.05, 3.63) is 34.1 Å². The Morgan fingerprint density at radius 2 is 2.00 bits per heavy atom. The molecule has 1 aromatic rings. The number of carbonyl (C=O) groups is 2. The van der Waals surface area contributed by atoms with Gasteiger partial charge in [-0.05, 0) is 40.0 Å². The van der Waals surface area contributed by atoms with Crippen LogP contribution in [0.3, 0.4) is 0 Å². The summed E-state index contributed by atoms with van der Waals surface area (Å²) in [6.07, 6.45) is 0.531. The van der Waals surface area contributed by atoms with Crippen molar-refractivity contribution in [1.29, 1.82) is 0 Å². The summed E-state index contributed by atoms with van der Waals surface area (Å²) in [5, 5.41) is 18.9. The third kappa shape index (κ3) is 4.09. The highest BCUT2D eigenvalue weighted by atomic mass is 79.9. The van der Waals surface area contributed by atoms with E-state index in [-0.39, 0.29) is 43.6 Å². The lowest BCUT2D eigenvalue weighted by Gasteiger charge is -2.36. The van der Waals surface area contributed by atoms with Crippen LogP contribution in [0.2, 0.25) is 0 Å². The van der Waals surface area contributed by atoms with Gasteiger partial charge in [0.1, 0.15) is 5.82 Å². The fraction of sp³-hybridized carbons (Fsp3) is 0.500. The monoisotopic (exact) mass is 387 g/mol. The van der Waals surface area contributed by atoms with Gasteiger partial charge < -0.3 is 15.1 Å². The van der Waals surface area contributed by atoms with Crippen LogP contribution in [0, 0.1) is 11.7 Å². The summed E-state index contributed by atoms with van der Waals surface area (Å²) < 4.78 is 13.6. The number of nitrogens with zero attached hydrogens (tertiary/aromatic N) is 1. The van der Waals surface area contributed by atoms with Crippen LogP contribution in [0.15, 0.2) is 22.7 Å². The predicted octanol–water partition coefficient (Wildman–Crippen LogP) is 2.20. The normalized spacial score (nSPS) is 18.5. The largest absolute Gasteiger partial charge is 0.479 e. The highest BCUT2D eigenvalue weighted by Gasteiger charge is 2.40. The molecule has 5 nitrogen and oxygen atoms in total. The molecule has 0 saturated carbocycles. The van der Waals surface area contributed by atoms with Gasteiger partial charge in [0.2, 0.25) is 5.91 Å². The number of halogens is 2. The van der Waals surface area contributed by atoms with Crippen LogP contribution < -0.4 is 0 Å². The molecule has 0 spiro atoms. The summed E-state index contributed by atoms with van der Waals surface area (Å²) >= 11 is 3.12. The molecule has 1 heterocycles. The fourth-order valence-electron chi connectivity index (χ4n) is 2.73. The molecule has 1 unspecified atom stereocenters. The van der Waals surface area contributed by atoms with E-state index in [4.69, 9.17) is 5.11 Å². The number of hydrogen-bond donors (Lipinski definition) is 2. The van der Waals surface area contributed by atoms with E-state index in [1.165, 1.54) is 6.07 Å². The molecule has 1 saturated heterocycles. The molecule has 1 aliphatic rings. The van der Waals surface area contributed by atoms with Crippen molar-refractivity contribution in [3.63, 3.8) is 0 Å². The van der Waals surface area contributed by atoms with Gasteiger partial charge in [0.25, 0.3) is 0 Å². The maximum absolute atomic E-state index is 13.2. The Morgan fingerprint density at radius 1 is 1.39 bits per heavy atom. The van der Waals surface area contributed by atoms with Gasteiger partial charge in [0.15, 0.2) is 5.60 Å². The number of hydrogen-bond acceptors (Lipinski definition) is 3. The summed E-state index contributed by atoms with van der Waals surface area (Å²) in [4.78, 5) is 25.0. The third-order valence-electron chi connectivity index (χ3n) is 4.25. The maximum Gasteiger partial charge on any atom is 0.335 e. The van der Waals surface area contributed by atoms with E-state index in [0.29, 0.717) is 10.9 Å². The second-order valence-electron chi connectivity index (χ2n) is 6.02. The Bertz CT molecular complexity index is 614. The number of piperidine rings is 1. The van der Waals surface area contributed by atoms with Crippen LogP contribution in [0.1, 0.15) is 25.3 Å². The van der Waals surface area contributed by atoms with Crippen molar-refractivity contribution in [1.82, 2.24) is 4.90 Å². The van der Waals surface area contributed by atoms with Gasteiger partial charge in [-0.2, -0.15) is 0 Å². The molecule has 0 bridgehead atoms. The smallest absolute Gasteiger partial charge is 0.335 e. The van der Waals surface area contributed by atoms with Crippen molar-refractivity contribution in [2.45, 2.75) is 31.8 Å². The van der Waals surface area contributed by atoms with Crippen molar-refractivity contribution in [3.8, 4) is 0 Å². The summed E-state index contributed by atoms with van der Waals surface area (Å²) in [6, 6.07) is 4.65. The molecule has 1 aromatic carbocycles. The number of rotatable bonds is 4. The lowest BCUT2D eigenvalue weighted by atomic mass is 9.90. The lowest BCUT2D eigenvalue weighted by Crippen LogP contribution is -2.51. The Labute approximate surface area is 142 Å². The van der Waals surface area contributed by atoms with Crippen LogP contribution in [0.4, 0.5) is 4.39 Å². The van der Waals surface area contributed by atoms with Crippen LogP contribution in [0.5, 0.6) is 0 Å². The summed E-state index contributed by atoms with van der Waals surface area (Å²) in [6.45, 7) is 2.23. The topological polar surface area (TPSA) is 77.8 Å². The van der Waals surface area contributed by atoms with E-state index in [1.54, 1.807) is 24.0 Å². The van der Waals surface area contributed by atoms with Crippen LogP contribution in [-0.4, -0.2) is 45.7 Å². The molecule has 23 heavy (non-hydrogen) atoms. The van der Waals surface area contributed by atoms with E-state index < -0.39 is 11.6 Å². The summed E-state index contributed by atoms with van der Waals surface area (Å²) in [7, 11) is 0. The number of carboxylic acids is 1. The second-order valence-corrected chi connectivity index (χ2v) is 6.87. The van der Waals surface area contributed by atoms with Gasteiger partial charge in [-0.3, -0.25) is 4.79 Å². The predicted molar refractivity (Wildman–Crippen MR) is 85.4 cm³/mol. The molecule has 2 rings (SSSR count). The minimum atomic E-state index is -1.73. The number of carbonyl (C=O) groups excluding carboxylic acids is 1. The molecule has 1 amide bonds. The molecule has 0 radical (unpaired) electrons. The fourth-order valence-corrected chi connectivity index (χ4v) is 3.16. The van der Waals surface area contributed by atoms with E-state index in [9.17, 15) is 19.1 Å². The van der Waals surface area contributed by atoms with E-state index in [1.807, 2.05) is 0 Å². The molecule has 7 heteroatoms. The highest BCUT2D eigenvalue weighted by molar-refractivity contribution is 9.10. The van der Waals surface area contributed by atoms with E-state index in [0.717, 1.165) is 5.56 Å². The Hall–Kier alpha value is -1.47. The van der Waals surface area contributed by atoms with Gasteiger partial charge in [0.05, 0.1) is 4.47 Å². The van der Waals surface area contributed by atoms with Gasteiger partial charge in [-0.1, -0.05) is 13.0 Å². The quantitative estimate of drug-likeness (QED) is 0.829. The van der Waals surface area contributed by atoms with Crippen molar-refractivity contribution >= 4 is 27.8 Å². The minimum absolute atomic E-state index is 0.0306. The number of amides is 1. The molecule has 0 aliphatic carbocycles. The number of likely N-dealkylation sites (tertiary alicyclic amines) is 1. The minimum Gasteiger partial charge on any atom is -0.479 e. The molecular weight excluding hydrogens is 369 g/mol. The van der Waals surface area contributed by atoms with Crippen LogP contribution in [0.25, 0.3) is 0 Å². The zero-order chi connectivity index (χ0) is 17.2. The van der Waals surface area contributed by atoms with Crippen LogP contribution >= 0.6 is 15.9 Å². The van der Waals surface area contributed by atoms with Crippen molar-refractivity contribution < 1.29 is 24.2 Å². The first-order valence-corrected chi connectivity index (χ1v) is 8.21. The average molecular weight is 388 g/mol. The SMILES string of the molecule is CC(Cc1ccc(F)c(Br)c1)C(=O)N1CCC(O)(C(=O)O)CC1. The molecule has 0 aromatic heterocycles. The van der Waals surface area contributed by atoms with Gasteiger partial charge >= 0.3 is 5.97 Å². The second kappa shape index (κ2) is 6.97. The summed E-state index contributed by atoms with van der Waals surface area (Å²) in [5.41, 5.74) is -0.889. The van der Waals surface area contributed by atoms with Crippen LogP contribution in [-0.2, 0) is 16.0 Å². The van der Waals surface area contributed by atoms with Gasteiger partial charge in [-0.15, -0.1) is 0 Å². The Kier molecular flexibility index (Phi) is 5.41.